The number of anilines is 1. The molecule has 1 aliphatic rings. The second-order valence-electron chi connectivity index (χ2n) is 6.20. The Labute approximate surface area is 127 Å². The molecule has 1 aromatic rings. The molecule has 2 rings (SSSR count). The predicted octanol–water partition coefficient (Wildman–Crippen LogP) is 3.67. The Hall–Kier alpha value is -1.55. The van der Waals surface area contributed by atoms with Gasteiger partial charge in [-0.1, -0.05) is 31.9 Å². The fraction of sp³-hybridized carbons (Fsp3) is 0.588. The molecule has 1 fully saturated rings. The molecule has 3 unspecified atom stereocenters. The molecule has 2 amide bonds. The highest BCUT2D eigenvalue weighted by atomic mass is 16.2. The molecule has 0 heterocycles. The summed E-state index contributed by atoms with van der Waals surface area (Å²) >= 11 is 0. The van der Waals surface area contributed by atoms with Crippen molar-refractivity contribution in [2.75, 3.05) is 12.4 Å². The van der Waals surface area contributed by atoms with Gasteiger partial charge >= 0.3 is 6.03 Å². The summed E-state index contributed by atoms with van der Waals surface area (Å²) in [6.45, 7) is 4.36. The quantitative estimate of drug-likeness (QED) is 0.792. The first-order chi connectivity index (χ1) is 10.1. The van der Waals surface area contributed by atoms with E-state index in [1.54, 1.807) is 0 Å². The average molecular weight is 289 g/mol. The van der Waals surface area contributed by atoms with Gasteiger partial charge in [-0.2, -0.15) is 0 Å². The zero-order valence-electron chi connectivity index (χ0n) is 13.3. The summed E-state index contributed by atoms with van der Waals surface area (Å²) in [5.74, 6) is 0.712. The van der Waals surface area contributed by atoms with Crippen LogP contribution in [-0.4, -0.2) is 19.1 Å². The molecule has 1 saturated carbocycles. The molecular weight excluding hydrogens is 262 g/mol. The Bertz CT molecular complexity index is 475. The summed E-state index contributed by atoms with van der Waals surface area (Å²) in [5.41, 5.74) is 2.01. The summed E-state index contributed by atoms with van der Waals surface area (Å²) in [4.78, 5) is 12.1. The van der Waals surface area contributed by atoms with E-state index in [1.165, 1.54) is 18.4 Å². The number of amides is 2. The van der Waals surface area contributed by atoms with Gasteiger partial charge in [0.05, 0.1) is 0 Å². The van der Waals surface area contributed by atoms with Crippen LogP contribution >= 0.6 is 0 Å². The van der Waals surface area contributed by atoms with E-state index in [2.05, 4.69) is 35.9 Å². The molecular formula is C17H27N3O. The number of hydrogen-bond acceptors (Lipinski definition) is 2. The third-order valence-corrected chi connectivity index (χ3v) is 4.35. The van der Waals surface area contributed by atoms with Crippen LogP contribution in [0.2, 0.25) is 0 Å². The lowest BCUT2D eigenvalue weighted by Crippen LogP contribution is -2.40. The van der Waals surface area contributed by atoms with Crippen LogP contribution < -0.4 is 16.0 Å². The van der Waals surface area contributed by atoms with E-state index in [9.17, 15) is 4.79 Å². The van der Waals surface area contributed by atoms with Crippen molar-refractivity contribution < 1.29 is 4.79 Å². The second-order valence-corrected chi connectivity index (χ2v) is 6.20. The summed E-state index contributed by atoms with van der Waals surface area (Å²) in [5, 5.41) is 9.24. The fourth-order valence-electron chi connectivity index (χ4n) is 2.97. The van der Waals surface area contributed by atoms with Crippen LogP contribution in [-0.2, 0) is 0 Å². The molecule has 0 spiro atoms. The van der Waals surface area contributed by atoms with Gasteiger partial charge in [-0.05, 0) is 50.4 Å². The maximum Gasteiger partial charge on any atom is 0.319 e. The molecule has 21 heavy (non-hydrogen) atoms. The van der Waals surface area contributed by atoms with E-state index in [-0.39, 0.29) is 12.1 Å². The van der Waals surface area contributed by atoms with Gasteiger partial charge in [0.1, 0.15) is 0 Å². The summed E-state index contributed by atoms with van der Waals surface area (Å²) in [6.07, 6.45) is 4.67. The van der Waals surface area contributed by atoms with Gasteiger partial charge in [0.15, 0.2) is 0 Å². The molecule has 1 aliphatic carbocycles. The van der Waals surface area contributed by atoms with Crippen molar-refractivity contribution in [3.63, 3.8) is 0 Å². The Balaban J connectivity index is 1.90. The lowest BCUT2D eigenvalue weighted by atomic mass is 9.87. The molecule has 116 valence electrons. The molecule has 0 radical (unpaired) electrons. The minimum Gasteiger partial charge on any atom is -0.335 e. The molecule has 0 saturated heterocycles. The van der Waals surface area contributed by atoms with Gasteiger partial charge in [0.25, 0.3) is 0 Å². The SMILES string of the molecule is CNC(C)c1cccc(NC(=O)NC2CCCC(C)C2)c1. The number of urea groups is 1. The van der Waals surface area contributed by atoms with Gasteiger partial charge in [-0.15, -0.1) is 0 Å². The molecule has 3 N–H and O–H groups in total. The Morgan fingerprint density at radius 3 is 2.86 bits per heavy atom. The Kier molecular flexibility index (Phi) is 5.62. The number of hydrogen-bond donors (Lipinski definition) is 3. The first-order valence-corrected chi connectivity index (χ1v) is 7.93. The molecule has 0 bridgehead atoms. The lowest BCUT2D eigenvalue weighted by Gasteiger charge is -2.27. The first-order valence-electron chi connectivity index (χ1n) is 7.93. The summed E-state index contributed by atoms with van der Waals surface area (Å²) in [6, 6.07) is 8.47. The fourth-order valence-corrected chi connectivity index (χ4v) is 2.97. The van der Waals surface area contributed by atoms with Gasteiger partial charge in [0.2, 0.25) is 0 Å². The van der Waals surface area contributed by atoms with E-state index < -0.39 is 0 Å². The van der Waals surface area contributed by atoms with Gasteiger partial charge in [-0.25, -0.2) is 4.79 Å². The van der Waals surface area contributed by atoms with Gasteiger partial charge in [0, 0.05) is 17.8 Å². The van der Waals surface area contributed by atoms with Crippen LogP contribution in [0.15, 0.2) is 24.3 Å². The number of nitrogens with one attached hydrogen (secondary N) is 3. The Morgan fingerprint density at radius 2 is 2.14 bits per heavy atom. The molecule has 4 heteroatoms. The molecule has 0 aromatic heterocycles. The Morgan fingerprint density at radius 1 is 1.33 bits per heavy atom. The zero-order chi connectivity index (χ0) is 15.2. The lowest BCUT2D eigenvalue weighted by molar-refractivity contribution is 0.238. The summed E-state index contributed by atoms with van der Waals surface area (Å²) < 4.78 is 0. The minimum atomic E-state index is -0.0941. The van der Waals surface area contributed by atoms with E-state index in [4.69, 9.17) is 0 Å². The third kappa shape index (κ3) is 4.74. The largest absolute Gasteiger partial charge is 0.335 e. The minimum absolute atomic E-state index is 0.0941. The van der Waals surface area contributed by atoms with E-state index >= 15 is 0 Å². The van der Waals surface area contributed by atoms with Crippen LogP contribution in [0.5, 0.6) is 0 Å². The molecule has 3 atom stereocenters. The number of benzene rings is 1. The highest BCUT2D eigenvalue weighted by molar-refractivity contribution is 5.89. The number of rotatable bonds is 4. The van der Waals surface area contributed by atoms with E-state index in [0.717, 1.165) is 18.5 Å². The van der Waals surface area contributed by atoms with Crippen molar-refractivity contribution in [1.29, 1.82) is 0 Å². The van der Waals surface area contributed by atoms with Crippen molar-refractivity contribution in [3.8, 4) is 0 Å². The van der Waals surface area contributed by atoms with Crippen LogP contribution in [0.1, 0.15) is 51.1 Å². The molecule has 0 aliphatic heterocycles. The monoisotopic (exact) mass is 289 g/mol. The van der Waals surface area contributed by atoms with Crippen molar-refractivity contribution in [2.24, 2.45) is 5.92 Å². The van der Waals surface area contributed by atoms with Crippen LogP contribution in [0.25, 0.3) is 0 Å². The third-order valence-electron chi connectivity index (χ3n) is 4.35. The smallest absolute Gasteiger partial charge is 0.319 e. The second kappa shape index (κ2) is 7.46. The van der Waals surface area contributed by atoms with Crippen molar-refractivity contribution >= 4 is 11.7 Å². The van der Waals surface area contributed by atoms with Gasteiger partial charge in [-0.3, -0.25) is 0 Å². The maximum atomic E-state index is 12.1. The highest BCUT2D eigenvalue weighted by Gasteiger charge is 2.20. The first kappa shape index (κ1) is 15.8. The normalized spacial score (nSPS) is 23.4. The number of carbonyl (C=O) groups is 1. The van der Waals surface area contributed by atoms with E-state index in [1.807, 2.05) is 25.2 Å². The molecule has 1 aromatic carbocycles. The maximum absolute atomic E-state index is 12.1. The van der Waals surface area contributed by atoms with Crippen molar-refractivity contribution in [3.05, 3.63) is 29.8 Å². The summed E-state index contributed by atoms with van der Waals surface area (Å²) in [7, 11) is 1.93. The van der Waals surface area contributed by atoms with Gasteiger partial charge < -0.3 is 16.0 Å². The van der Waals surface area contributed by atoms with Crippen molar-refractivity contribution in [1.82, 2.24) is 10.6 Å². The topological polar surface area (TPSA) is 53.2 Å². The van der Waals surface area contributed by atoms with Crippen LogP contribution in [0.4, 0.5) is 10.5 Å². The standard InChI is InChI=1S/C17H27N3O/c1-12-6-4-8-15(10-12)19-17(21)20-16-9-5-7-14(11-16)13(2)18-3/h5,7,9,11-13,15,18H,4,6,8,10H2,1-3H3,(H2,19,20,21). The molecule has 4 nitrogen and oxygen atoms in total. The number of carbonyl (C=O) groups excluding carboxylic acids is 1. The van der Waals surface area contributed by atoms with Crippen molar-refractivity contribution in [2.45, 2.75) is 51.6 Å². The highest BCUT2D eigenvalue weighted by Crippen LogP contribution is 2.23. The predicted molar refractivity (Wildman–Crippen MR) is 87.5 cm³/mol. The van der Waals surface area contributed by atoms with Crippen LogP contribution in [0.3, 0.4) is 0 Å². The van der Waals surface area contributed by atoms with E-state index in [0.29, 0.717) is 12.0 Å². The zero-order valence-corrected chi connectivity index (χ0v) is 13.3. The average Bonchev–Trinajstić information content (AvgIpc) is 2.46. The van der Waals surface area contributed by atoms with Crippen LogP contribution in [0, 0.1) is 5.92 Å².